The number of benzene rings is 1. The molecule has 1 amide bonds. The predicted molar refractivity (Wildman–Crippen MR) is 80.2 cm³/mol. The number of nitro benzene ring substituents is 1. The highest BCUT2D eigenvalue weighted by molar-refractivity contribution is 6.41. The number of nitro groups is 1. The molecule has 8 nitrogen and oxygen atoms in total. The Labute approximate surface area is 137 Å². The molecule has 0 radical (unpaired) electrons. The minimum absolute atomic E-state index is 0.00351. The summed E-state index contributed by atoms with van der Waals surface area (Å²) in [6, 6.07) is 2.85. The number of halogens is 3. The van der Waals surface area contributed by atoms with Gasteiger partial charge in [-0.25, -0.2) is 4.68 Å². The SMILES string of the molecule is O=C(Cn1ncc(Cl)c(Cl)c1=O)Nc1ccc(F)c([N+](=O)[O-])c1. The van der Waals surface area contributed by atoms with E-state index in [1.165, 1.54) is 0 Å². The minimum Gasteiger partial charge on any atom is -0.324 e. The van der Waals surface area contributed by atoms with Crippen LogP contribution in [0.1, 0.15) is 0 Å². The van der Waals surface area contributed by atoms with Crippen molar-refractivity contribution in [3.8, 4) is 0 Å². The molecule has 2 aromatic rings. The summed E-state index contributed by atoms with van der Waals surface area (Å²) in [5.74, 6) is -1.74. The van der Waals surface area contributed by atoms with Crippen molar-refractivity contribution in [1.82, 2.24) is 9.78 Å². The first-order chi connectivity index (χ1) is 10.8. The van der Waals surface area contributed by atoms with E-state index in [0.717, 1.165) is 29.1 Å². The maximum atomic E-state index is 13.2. The van der Waals surface area contributed by atoms with Crippen molar-refractivity contribution in [3.63, 3.8) is 0 Å². The Balaban J connectivity index is 2.18. The standard InChI is InChI=1S/C12H7Cl2FN4O4/c13-7-4-16-18(12(21)11(7)14)5-10(20)17-6-1-2-8(15)9(3-6)19(22)23/h1-4H,5H2,(H,17,20). The Morgan fingerprint density at radius 1 is 1.43 bits per heavy atom. The first kappa shape index (κ1) is 16.8. The van der Waals surface area contributed by atoms with E-state index in [-0.39, 0.29) is 15.7 Å². The van der Waals surface area contributed by atoms with Crippen LogP contribution in [0.2, 0.25) is 10.0 Å². The lowest BCUT2D eigenvalue weighted by Gasteiger charge is -2.07. The number of rotatable bonds is 4. The second-order valence-corrected chi connectivity index (χ2v) is 5.03. The van der Waals surface area contributed by atoms with Gasteiger partial charge in [0, 0.05) is 11.8 Å². The van der Waals surface area contributed by atoms with Crippen molar-refractivity contribution in [2.45, 2.75) is 6.54 Å². The highest BCUT2D eigenvalue weighted by Gasteiger charge is 2.16. The fourth-order valence-corrected chi connectivity index (χ4v) is 1.90. The molecule has 1 heterocycles. The molecular weight excluding hydrogens is 354 g/mol. The van der Waals surface area contributed by atoms with Crippen molar-refractivity contribution >= 4 is 40.5 Å². The lowest BCUT2D eigenvalue weighted by atomic mass is 10.2. The molecular formula is C12H7Cl2FN4O4. The highest BCUT2D eigenvalue weighted by atomic mass is 35.5. The van der Waals surface area contributed by atoms with Gasteiger partial charge >= 0.3 is 5.69 Å². The van der Waals surface area contributed by atoms with Gasteiger partial charge in [0.25, 0.3) is 5.56 Å². The Morgan fingerprint density at radius 2 is 2.13 bits per heavy atom. The van der Waals surface area contributed by atoms with Gasteiger partial charge in [0.1, 0.15) is 11.6 Å². The van der Waals surface area contributed by atoms with Crippen LogP contribution in [-0.4, -0.2) is 20.6 Å². The molecule has 2 rings (SSSR count). The minimum atomic E-state index is -1.03. The zero-order chi connectivity index (χ0) is 17.1. The smallest absolute Gasteiger partial charge is 0.306 e. The third kappa shape index (κ3) is 3.82. The molecule has 0 aliphatic heterocycles. The molecule has 0 saturated heterocycles. The molecule has 120 valence electrons. The molecule has 0 aliphatic carbocycles. The van der Waals surface area contributed by atoms with Crippen LogP contribution in [0.3, 0.4) is 0 Å². The van der Waals surface area contributed by atoms with E-state index in [0.29, 0.717) is 0 Å². The number of carbonyl (C=O) groups is 1. The molecule has 0 fully saturated rings. The third-order valence-corrected chi connectivity index (χ3v) is 3.41. The van der Waals surface area contributed by atoms with Crippen LogP contribution in [0.5, 0.6) is 0 Å². The van der Waals surface area contributed by atoms with E-state index >= 15 is 0 Å². The van der Waals surface area contributed by atoms with Gasteiger partial charge in [0.05, 0.1) is 16.1 Å². The van der Waals surface area contributed by atoms with Crippen LogP contribution in [0.4, 0.5) is 15.8 Å². The predicted octanol–water partition coefficient (Wildman–Crippen LogP) is 2.24. The van der Waals surface area contributed by atoms with Gasteiger partial charge in [-0.1, -0.05) is 23.2 Å². The van der Waals surface area contributed by atoms with Crippen molar-refractivity contribution in [3.05, 3.63) is 60.7 Å². The summed E-state index contributed by atoms with van der Waals surface area (Å²) >= 11 is 11.3. The van der Waals surface area contributed by atoms with Crippen LogP contribution in [0, 0.1) is 15.9 Å². The quantitative estimate of drug-likeness (QED) is 0.664. The van der Waals surface area contributed by atoms with Crippen molar-refractivity contribution in [2.75, 3.05) is 5.32 Å². The summed E-state index contributed by atoms with van der Waals surface area (Å²) in [6.45, 7) is -0.499. The van der Waals surface area contributed by atoms with Gasteiger partial charge in [-0.2, -0.15) is 9.49 Å². The number of aromatic nitrogens is 2. The molecule has 0 spiro atoms. The molecule has 0 atom stereocenters. The average molecular weight is 361 g/mol. The second-order valence-electron chi connectivity index (χ2n) is 4.24. The molecule has 11 heteroatoms. The number of nitrogens with zero attached hydrogens (tertiary/aromatic N) is 3. The summed E-state index contributed by atoms with van der Waals surface area (Å²) < 4.78 is 14.0. The topological polar surface area (TPSA) is 107 Å². The fourth-order valence-electron chi connectivity index (χ4n) is 1.62. The summed E-state index contributed by atoms with van der Waals surface area (Å²) in [4.78, 5) is 33.3. The van der Waals surface area contributed by atoms with E-state index in [1.54, 1.807) is 0 Å². The van der Waals surface area contributed by atoms with Gasteiger partial charge in [0.2, 0.25) is 11.7 Å². The molecule has 23 heavy (non-hydrogen) atoms. The van der Waals surface area contributed by atoms with Gasteiger partial charge in [0.15, 0.2) is 0 Å². The van der Waals surface area contributed by atoms with Crippen LogP contribution < -0.4 is 10.9 Å². The Hall–Kier alpha value is -2.52. The maximum Gasteiger partial charge on any atom is 0.306 e. The van der Waals surface area contributed by atoms with E-state index in [4.69, 9.17) is 23.2 Å². The van der Waals surface area contributed by atoms with E-state index < -0.39 is 34.4 Å². The van der Waals surface area contributed by atoms with E-state index in [2.05, 4.69) is 10.4 Å². The van der Waals surface area contributed by atoms with Crippen LogP contribution >= 0.6 is 23.2 Å². The molecule has 0 saturated carbocycles. The number of hydrogen-bond acceptors (Lipinski definition) is 5. The summed E-state index contributed by atoms with van der Waals surface area (Å²) in [5.41, 5.74) is -1.55. The van der Waals surface area contributed by atoms with Gasteiger partial charge < -0.3 is 5.32 Å². The van der Waals surface area contributed by atoms with Gasteiger partial charge in [-0.15, -0.1) is 0 Å². The molecule has 1 N–H and O–H groups in total. The normalized spacial score (nSPS) is 10.4. The number of amides is 1. The molecule has 1 aromatic carbocycles. The molecule has 0 unspecified atom stereocenters. The lowest BCUT2D eigenvalue weighted by Crippen LogP contribution is -2.29. The number of carbonyl (C=O) groups excluding carboxylic acids is 1. The first-order valence-electron chi connectivity index (χ1n) is 5.94. The largest absolute Gasteiger partial charge is 0.324 e. The zero-order valence-corrected chi connectivity index (χ0v) is 12.6. The highest BCUT2D eigenvalue weighted by Crippen LogP contribution is 2.21. The Morgan fingerprint density at radius 3 is 2.78 bits per heavy atom. The lowest BCUT2D eigenvalue weighted by molar-refractivity contribution is -0.387. The number of anilines is 1. The van der Waals surface area contributed by atoms with E-state index in [1.807, 2.05) is 0 Å². The maximum absolute atomic E-state index is 13.2. The monoisotopic (exact) mass is 360 g/mol. The van der Waals surface area contributed by atoms with Crippen LogP contribution in [0.25, 0.3) is 0 Å². The Bertz CT molecular complexity index is 855. The third-order valence-electron chi connectivity index (χ3n) is 2.66. The number of nitrogens with one attached hydrogen (secondary N) is 1. The second kappa shape index (κ2) is 6.71. The van der Waals surface area contributed by atoms with Gasteiger partial charge in [-0.05, 0) is 12.1 Å². The van der Waals surface area contributed by atoms with E-state index in [9.17, 15) is 24.1 Å². The molecule has 0 bridgehead atoms. The molecule has 1 aromatic heterocycles. The summed E-state index contributed by atoms with van der Waals surface area (Å²) in [5, 5.41) is 16.2. The van der Waals surface area contributed by atoms with Crippen molar-refractivity contribution < 1.29 is 14.1 Å². The summed E-state index contributed by atoms with van der Waals surface area (Å²) in [7, 11) is 0. The first-order valence-corrected chi connectivity index (χ1v) is 6.70. The zero-order valence-electron chi connectivity index (χ0n) is 11.1. The van der Waals surface area contributed by atoms with Crippen LogP contribution in [-0.2, 0) is 11.3 Å². The van der Waals surface area contributed by atoms with Crippen molar-refractivity contribution in [1.29, 1.82) is 0 Å². The van der Waals surface area contributed by atoms with Gasteiger partial charge in [-0.3, -0.25) is 19.7 Å². The summed E-state index contributed by atoms with van der Waals surface area (Å²) in [6.07, 6.45) is 1.10. The number of hydrogen-bond donors (Lipinski definition) is 1. The van der Waals surface area contributed by atoms with Crippen molar-refractivity contribution in [2.24, 2.45) is 0 Å². The fraction of sp³-hybridized carbons (Fsp3) is 0.0833. The van der Waals surface area contributed by atoms with Crippen LogP contribution in [0.15, 0.2) is 29.2 Å². The molecule has 0 aliphatic rings. The average Bonchev–Trinajstić information content (AvgIpc) is 2.49. The Kier molecular flexibility index (Phi) is 4.92.